The molecule has 164 valence electrons. The van der Waals surface area contributed by atoms with Crippen LogP contribution in [0.3, 0.4) is 0 Å². The molecule has 0 aliphatic heterocycles. The van der Waals surface area contributed by atoms with Gasteiger partial charge in [0.1, 0.15) is 23.3 Å². The van der Waals surface area contributed by atoms with Crippen LogP contribution < -0.4 is 15.6 Å². The van der Waals surface area contributed by atoms with Crippen LogP contribution in [0.4, 0.5) is 4.39 Å². The molecule has 0 aliphatic rings. The summed E-state index contributed by atoms with van der Waals surface area (Å²) in [6.07, 6.45) is 2.94. The summed E-state index contributed by atoms with van der Waals surface area (Å²) < 4.78 is 21.2. The van der Waals surface area contributed by atoms with Gasteiger partial charge in [0.25, 0.3) is 11.5 Å². The maximum Gasteiger partial charge on any atom is 0.264 e. The molecule has 2 aromatic heterocycles. The Morgan fingerprint density at radius 1 is 1.19 bits per heavy atom. The van der Waals surface area contributed by atoms with E-state index in [0.717, 1.165) is 5.56 Å². The summed E-state index contributed by atoms with van der Waals surface area (Å²) >= 11 is 6.01. The Kier molecular flexibility index (Phi) is 6.46. The van der Waals surface area contributed by atoms with Crippen LogP contribution in [0, 0.1) is 5.82 Å². The minimum Gasteiger partial charge on any atom is -0.484 e. The molecule has 2 aromatic carbocycles. The van der Waals surface area contributed by atoms with Crippen LogP contribution in [0.15, 0.2) is 65.8 Å². The number of nitrogens with one attached hydrogen (secondary N) is 1. The summed E-state index contributed by atoms with van der Waals surface area (Å²) in [4.78, 5) is 29.1. The smallest absolute Gasteiger partial charge is 0.264 e. The predicted octanol–water partition coefficient (Wildman–Crippen LogP) is 2.63. The summed E-state index contributed by atoms with van der Waals surface area (Å²) in [5.41, 5.74) is 1.12. The van der Waals surface area contributed by atoms with E-state index in [1.165, 1.54) is 41.4 Å². The van der Waals surface area contributed by atoms with E-state index in [-0.39, 0.29) is 30.4 Å². The van der Waals surface area contributed by atoms with Gasteiger partial charge in [-0.05, 0) is 42.0 Å². The molecule has 0 aliphatic carbocycles. The van der Waals surface area contributed by atoms with Crippen molar-refractivity contribution in [3.05, 3.63) is 87.8 Å². The first kappa shape index (κ1) is 21.5. The highest BCUT2D eigenvalue weighted by Gasteiger charge is 2.11. The number of nitrogens with zero attached hydrogens (tertiary/aromatic N) is 4. The van der Waals surface area contributed by atoms with Crippen molar-refractivity contribution >= 4 is 28.5 Å². The summed E-state index contributed by atoms with van der Waals surface area (Å²) in [6, 6.07) is 12.7. The first-order valence-corrected chi connectivity index (χ1v) is 10.2. The van der Waals surface area contributed by atoms with Gasteiger partial charge in [-0.3, -0.25) is 14.2 Å². The molecule has 2 heterocycles. The van der Waals surface area contributed by atoms with Gasteiger partial charge < -0.3 is 10.1 Å². The molecule has 0 spiro atoms. The fraction of sp³-hybridized carbons (Fsp3) is 0.182. The number of rotatable bonds is 8. The van der Waals surface area contributed by atoms with Crippen LogP contribution in [-0.4, -0.2) is 38.4 Å². The lowest BCUT2D eigenvalue weighted by molar-refractivity contribution is -0.123. The Bertz CT molecular complexity index is 1300. The zero-order chi connectivity index (χ0) is 22.5. The third-order valence-corrected chi connectivity index (χ3v) is 4.93. The highest BCUT2D eigenvalue weighted by molar-refractivity contribution is 6.30. The van der Waals surface area contributed by atoms with Gasteiger partial charge in [0, 0.05) is 11.6 Å². The number of amides is 1. The predicted molar refractivity (Wildman–Crippen MR) is 117 cm³/mol. The molecule has 0 saturated carbocycles. The van der Waals surface area contributed by atoms with Crippen LogP contribution in [0.25, 0.3) is 11.0 Å². The van der Waals surface area contributed by atoms with Gasteiger partial charge in [-0.2, -0.15) is 5.10 Å². The van der Waals surface area contributed by atoms with Crippen molar-refractivity contribution in [2.24, 2.45) is 0 Å². The molecule has 4 aromatic rings. The van der Waals surface area contributed by atoms with Crippen LogP contribution in [0.2, 0.25) is 5.02 Å². The average molecular weight is 456 g/mol. The van der Waals surface area contributed by atoms with E-state index in [4.69, 9.17) is 16.3 Å². The molecule has 0 fully saturated rings. The van der Waals surface area contributed by atoms with Gasteiger partial charge in [0.05, 0.1) is 19.3 Å². The second-order valence-corrected chi connectivity index (χ2v) is 7.44. The minimum atomic E-state index is -0.377. The highest BCUT2D eigenvalue weighted by atomic mass is 35.5. The first-order chi connectivity index (χ1) is 15.5. The summed E-state index contributed by atoms with van der Waals surface area (Å²) in [5, 5.41) is 7.92. The number of ether oxygens (including phenoxy) is 1. The number of halogens is 2. The van der Waals surface area contributed by atoms with Crippen molar-refractivity contribution in [3.8, 4) is 5.75 Å². The second kappa shape index (κ2) is 9.61. The molecule has 0 radical (unpaired) electrons. The maximum absolute atomic E-state index is 12.9. The van der Waals surface area contributed by atoms with E-state index in [1.807, 2.05) is 12.1 Å². The van der Waals surface area contributed by atoms with Crippen LogP contribution in [0.1, 0.15) is 5.56 Å². The zero-order valence-electron chi connectivity index (χ0n) is 16.9. The lowest BCUT2D eigenvalue weighted by Gasteiger charge is -2.09. The van der Waals surface area contributed by atoms with E-state index >= 15 is 0 Å². The van der Waals surface area contributed by atoms with Crippen LogP contribution in [0.5, 0.6) is 5.75 Å². The SMILES string of the molecule is O=C(COc1ccc(F)cc1)NCCn1ncc2c(=O)n(Cc3cccc(Cl)c3)cnc21. The fourth-order valence-corrected chi connectivity index (χ4v) is 3.35. The normalized spacial score (nSPS) is 10.9. The van der Waals surface area contributed by atoms with E-state index in [0.29, 0.717) is 34.9 Å². The minimum absolute atomic E-state index is 0.196. The van der Waals surface area contributed by atoms with Crippen LogP contribution in [-0.2, 0) is 17.9 Å². The fourth-order valence-electron chi connectivity index (χ4n) is 3.14. The highest BCUT2D eigenvalue weighted by Crippen LogP contribution is 2.12. The van der Waals surface area contributed by atoms with Gasteiger partial charge in [-0.1, -0.05) is 23.7 Å². The third kappa shape index (κ3) is 5.12. The van der Waals surface area contributed by atoms with Crippen molar-refractivity contribution in [2.75, 3.05) is 13.2 Å². The van der Waals surface area contributed by atoms with Crippen molar-refractivity contribution in [3.63, 3.8) is 0 Å². The molecule has 0 unspecified atom stereocenters. The quantitative estimate of drug-likeness (QED) is 0.441. The topological polar surface area (TPSA) is 91.0 Å². The second-order valence-electron chi connectivity index (χ2n) is 7.01. The number of hydrogen-bond acceptors (Lipinski definition) is 5. The largest absolute Gasteiger partial charge is 0.484 e. The van der Waals surface area contributed by atoms with Crippen molar-refractivity contribution in [1.82, 2.24) is 24.6 Å². The molecule has 0 atom stereocenters. The van der Waals surface area contributed by atoms with E-state index < -0.39 is 0 Å². The molecule has 8 nitrogen and oxygen atoms in total. The molecule has 32 heavy (non-hydrogen) atoms. The molecule has 0 bridgehead atoms. The number of aromatic nitrogens is 4. The van der Waals surface area contributed by atoms with Crippen molar-refractivity contribution < 1.29 is 13.9 Å². The molecule has 1 amide bonds. The number of carbonyl (C=O) groups is 1. The van der Waals surface area contributed by atoms with Crippen molar-refractivity contribution in [1.29, 1.82) is 0 Å². The number of hydrogen-bond donors (Lipinski definition) is 1. The van der Waals surface area contributed by atoms with E-state index in [9.17, 15) is 14.0 Å². The summed E-state index contributed by atoms with van der Waals surface area (Å²) in [5.74, 6) is -0.307. The Labute approximate surface area is 187 Å². The summed E-state index contributed by atoms with van der Waals surface area (Å²) in [7, 11) is 0. The molecular weight excluding hydrogens is 437 g/mol. The van der Waals surface area contributed by atoms with Crippen molar-refractivity contribution in [2.45, 2.75) is 13.1 Å². The van der Waals surface area contributed by atoms with Gasteiger partial charge >= 0.3 is 0 Å². The van der Waals surface area contributed by atoms with E-state index in [2.05, 4.69) is 15.4 Å². The number of carbonyl (C=O) groups excluding carboxylic acids is 1. The van der Waals surface area contributed by atoms with Crippen LogP contribution >= 0.6 is 11.6 Å². The van der Waals surface area contributed by atoms with Gasteiger partial charge in [-0.25, -0.2) is 14.1 Å². The molecule has 1 N–H and O–H groups in total. The lowest BCUT2D eigenvalue weighted by Crippen LogP contribution is -2.31. The number of fused-ring (bicyclic) bond motifs is 1. The Hall–Kier alpha value is -3.72. The molecule has 10 heteroatoms. The average Bonchev–Trinajstić information content (AvgIpc) is 3.19. The Morgan fingerprint density at radius 2 is 2.00 bits per heavy atom. The Morgan fingerprint density at radius 3 is 2.78 bits per heavy atom. The summed E-state index contributed by atoms with van der Waals surface area (Å²) in [6.45, 7) is 0.752. The zero-order valence-corrected chi connectivity index (χ0v) is 17.6. The molecular formula is C22H19ClFN5O3. The van der Waals surface area contributed by atoms with E-state index in [1.54, 1.807) is 16.8 Å². The maximum atomic E-state index is 12.9. The van der Waals surface area contributed by atoms with Gasteiger partial charge in [0.15, 0.2) is 12.3 Å². The Balaban J connectivity index is 1.34. The monoisotopic (exact) mass is 455 g/mol. The van der Waals surface area contributed by atoms with Gasteiger partial charge in [0.2, 0.25) is 0 Å². The first-order valence-electron chi connectivity index (χ1n) is 9.80. The third-order valence-electron chi connectivity index (χ3n) is 4.69. The standard InChI is InChI=1S/C22H19ClFN5O3/c23-16-3-1-2-15(10-16)12-28-14-26-21-19(22(28)31)11-27-29(21)9-8-25-20(30)13-32-18-6-4-17(24)5-7-18/h1-7,10-11,14H,8-9,12-13H2,(H,25,30). The molecule has 4 rings (SSSR count). The van der Waals surface area contributed by atoms with Gasteiger partial charge in [-0.15, -0.1) is 0 Å². The number of benzene rings is 2. The molecule has 0 saturated heterocycles. The lowest BCUT2D eigenvalue weighted by atomic mass is 10.2.